The van der Waals surface area contributed by atoms with Crippen molar-refractivity contribution in [3.05, 3.63) is 57.2 Å². The molecule has 2 aromatic carbocycles. The van der Waals surface area contributed by atoms with E-state index in [1.54, 1.807) is 12.1 Å². The van der Waals surface area contributed by atoms with Gasteiger partial charge in [0.1, 0.15) is 5.75 Å². The van der Waals surface area contributed by atoms with Crippen molar-refractivity contribution in [2.45, 2.75) is 39.0 Å². The number of rotatable bonds is 8. The Hall–Kier alpha value is -1.98. The molecule has 27 heavy (non-hydrogen) atoms. The van der Waals surface area contributed by atoms with E-state index < -0.39 is 5.97 Å². The summed E-state index contributed by atoms with van der Waals surface area (Å²) in [5, 5.41) is 10.5. The highest BCUT2D eigenvalue weighted by Crippen LogP contribution is 2.38. The number of nitrogens with one attached hydrogen (secondary N) is 1. The van der Waals surface area contributed by atoms with Crippen LogP contribution in [-0.4, -0.2) is 16.1 Å². The summed E-state index contributed by atoms with van der Waals surface area (Å²) in [4.78, 5) is 14.2. The highest BCUT2D eigenvalue weighted by atomic mass is 79.9. The summed E-state index contributed by atoms with van der Waals surface area (Å²) in [6, 6.07) is 9.25. The van der Waals surface area contributed by atoms with Crippen LogP contribution >= 0.6 is 27.5 Å². The van der Waals surface area contributed by atoms with Gasteiger partial charge >= 0.3 is 5.97 Å². The summed E-state index contributed by atoms with van der Waals surface area (Å²) in [5.41, 5.74) is 2.98. The minimum atomic E-state index is -0.903. The molecule has 0 bridgehead atoms. The van der Waals surface area contributed by atoms with E-state index in [4.69, 9.17) is 21.4 Å². The predicted octanol–water partition coefficient (Wildman–Crippen LogP) is 6.74. The molecule has 0 fully saturated rings. The second-order valence-electron chi connectivity index (χ2n) is 6.54. The van der Waals surface area contributed by atoms with Crippen molar-refractivity contribution < 1.29 is 14.6 Å². The Labute approximate surface area is 171 Å². The summed E-state index contributed by atoms with van der Waals surface area (Å²) in [6.45, 7) is 2.20. The summed E-state index contributed by atoms with van der Waals surface area (Å²) < 4.78 is 6.65. The molecule has 0 amide bonds. The van der Waals surface area contributed by atoms with Crippen LogP contribution in [0, 0.1) is 0 Å². The fourth-order valence-electron chi connectivity index (χ4n) is 3.10. The number of ether oxygens (including phenoxy) is 1. The maximum atomic E-state index is 10.9. The van der Waals surface area contributed by atoms with Crippen LogP contribution in [0.3, 0.4) is 0 Å². The average Bonchev–Trinajstić information content (AvgIpc) is 3.00. The molecule has 3 aromatic rings. The molecule has 6 heteroatoms. The second kappa shape index (κ2) is 8.81. The topological polar surface area (TPSA) is 62.3 Å². The summed E-state index contributed by atoms with van der Waals surface area (Å²) >= 11 is 9.76. The van der Waals surface area contributed by atoms with Crippen molar-refractivity contribution in [2.24, 2.45) is 0 Å². The first-order valence-corrected chi connectivity index (χ1v) is 10.1. The van der Waals surface area contributed by atoms with Crippen LogP contribution in [-0.2, 0) is 17.6 Å². The number of unbranched alkanes of at least 4 members (excludes halogenated alkanes) is 2. The first-order chi connectivity index (χ1) is 13.0. The van der Waals surface area contributed by atoms with Gasteiger partial charge in [-0.1, -0.05) is 31.4 Å². The second-order valence-corrected chi connectivity index (χ2v) is 7.80. The molecule has 2 N–H and O–H groups in total. The van der Waals surface area contributed by atoms with E-state index in [2.05, 4.69) is 34.0 Å². The van der Waals surface area contributed by atoms with Crippen LogP contribution in [0.15, 0.2) is 41.0 Å². The summed E-state index contributed by atoms with van der Waals surface area (Å²) in [5.74, 6) is 0.265. The zero-order chi connectivity index (χ0) is 19.4. The lowest BCUT2D eigenvalue weighted by Gasteiger charge is -2.12. The third kappa shape index (κ3) is 4.85. The van der Waals surface area contributed by atoms with Gasteiger partial charge in [-0.2, -0.15) is 0 Å². The molecule has 0 aliphatic rings. The molecule has 1 heterocycles. The van der Waals surface area contributed by atoms with Gasteiger partial charge in [0.15, 0.2) is 5.75 Å². The molecule has 0 radical (unpaired) electrons. The van der Waals surface area contributed by atoms with Crippen molar-refractivity contribution in [3.63, 3.8) is 0 Å². The maximum Gasteiger partial charge on any atom is 0.307 e. The summed E-state index contributed by atoms with van der Waals surface area (Å²) in [7, 11) is 0. The molecule has 3 rings (SSSR count). The molecule has 0 aliphatic carbocycles. The van der Waals surface area contributed by atoms with Crippen LogP contribution in [0.4, 0.5) is 0 Å². The maximum absolute atomic E-state index is 10.9. The van der Waals surface area contributed by atoms with Crippen molar-refractivity contribution in [1.29, 1.82) is 0 Å². The summed E-state index contributed by atoms with van der Waals surface area (Å²) in [6.07, 6.45) is 6.58. The quantitative estimate of drug-likeness (QED) is 0.374. The predicted molar refractivity (Wildman–Crippen MR) is 112 cm³/mol. The van der Waals surface area contributed by atoms with Crippen LogP contribution in [0.5, 0.6) is 11.5 Å². The SMILES string of the molecule is CCCCCc1c[nH]c2ccc(Oc3c(Cl)cc(CC(=O)O)cc3Br)cc12. The molecule has 142 valence electrons. The molecule has 0 saturated carbocycles. The molecule has 0 atom stereocenters. The molecule has 1 aromatic heterocycles. The highest BCUT2D eigenvalue weighted by molar-refractivity contribution is 9.10. The number of H-pyrrole nitrogens is 1. The average molecular weight is 451 g/mol. The Kier molecular flexibility index (Phi) is 6.45. The number of aromatic nitrogens is 1. The van der Waals surface area contributed by atoms with Gasteiger partial charge in [-0.3, -0.25) is 4.79 Å². The van der Waals surface area contributed by atoms with Crippen LogP contribution in [0.1, 0.15) is 37.3 Å². The van der Waals surface area contributed by atoms with E-state index >= 15 is 0 Å². The molecule has 4 nitrogen and oxygen atoms in total. The van der Waals surface area contributed by atoms with Crippen molar-refractivity contribution in [2.75, 3.05) is 0 Å². The number of fused-ring (bicyclic) bond motifs is 1. The number of aryl methyl sites for hydroxylation is 1. The number of aromatic amines is 1. The van der Waals surface area contributed by atoms with Gasteiger partial charge in [-0.15, -0.1) is 0 Å². The number of aliphatic carboxylic acids is 1. The molecule has 0 unspecified atom stereocenters. The van der Waals surface area contributed by atoms with Gasteiger partial charge in [0.05, 0.1) is 15.9 Å². The van der Waals surface area contributed by atoms with Crippen LogP contribution < -0.4 is 4.74 Å². The van der Waals surface area contributed by atoms with Gasteiger partial charge < -0.3 is 14.8 Å². The van der Waals surface area contributed by atoms with E-state index in [1.807, 2.05) is 18.2 Å². The molecule has 0 spiro atoms. The van der Waals surface area contributed by atoms with Gasteiger partial charge in [0.2, 0.25) is 0 Å². The molecular weight excluding hydrogens is 430 g/mol. The van der Waals surface area contributed by atoms with Crippen molar-refractivity contribution >= 4 is 44.4 Å². The normalized spacial score (nSPS) is 11.1. The first-order valence-electron chi connectivity index (χ1n) is 8.95. The molecule has 0 aliphatic heterocycles. The molecule has 0 saturated heterocycles. The number of carbonyl (C=O) groups is 1. The fraction of sp³-hybridized carbons (Fsp3) is 0.286. The zero-order valence-corrected chi connectivity index (χ0v) is 17.4. The number of hydrogen-bond acceptors (Lipinski definition) is 2. The lowest BCUT2D eigenvalue weighted by Crippen LogP contribution is -2.00. The van der Waals surface area contributed by atoms with E-state index in [-0.39, 0.29) is 6.42 Å². The van der Waals surface area contributed by atoms with Crippen LogP contribution in [0.25, 0.3) is 10.9 Å². The van der Waals surface area contributed by atoms with Gasteiger partial charge in [0, 0.05) is 17.1 Å². The minimum Gasteiger partial charge on any atom is -0.481 e. The monoisotopic (exact) mass is 449 g/mol. The first kappa shape index (κ1) is 19.8. The largest absolute Gasteiger partial charge is 0.481 e. The Morgan fingerprint density at radius 3 is 2.78 bits per heavy atom. The van der Waals surface area contributed by atoms with Gasteiger partial charge in [-0.25, -0.2) is 0 Å². The highest BCUT2D eigenvalue weighted by Gasteiger charge is 2.13. The third-order valence-electron chi connectivity index (χ3n) is 4.42. The lowest BCUT2D eigenvalue weighted by atomic mass is 10.1. The number of carboxylic acids is 1. The lowest BCUT2D eigenvalue weighted by molar-refractivity contribution is -0.136. The molecular formula is C21H21BrClNO3. The Morgan fingerprint density at radius 1 is 1.26 bits per heavy atom. The minimum absolute atomic E-state index is 0.0883. The zero-order valence-electron chi connectivity index (χ0n) is 15.0. The van der Waals surface area contributed by atoms with E-state index in [0.29, 0.717) is 26.6 Å². The van der Waals surface area contributed by atoms with Crippen LogP contribution in [0.2, 0.25) is 5.02 Å². The standard InChI is InChI=1S/C21H21BrClNO3/c1-2-3-4-5-14-12-24-19-7-6-15(11-16(14)19)27-21-17(22)8-13(9-18(21)23)10-20(25)26/h6-9,11-12,24H,2-5,10H2,1H3,(H,25,26). The van der Waals surface area contributed by atoms with Crippen molar-refractivity contribution in [3.8, 4) is 11.5 Å². The third-order valence-corrected chi connectivity index (χ3v) is 5.29. The number of carboxylic acid groups (broad SMARTS) is 1. The van der Waals surface area contributed by atoms with E-state index in [0.717, 1.165) is 23.7 Å². The van der Waals surface area contributed by atoms with Gasteiger partial charge in [0.25, 0.3) is 0 Å². The number of benzene rings is 2. The van der Waals surface area contributed by atoms with Crippen molar-refractivity contribution in [1.82, 2.24) is 4.98 Å². The Morgan fingerprint density at radius 2 is 2.07 bits per heavy atom. The number of hydrogen-bond donors (Lipinski definition) is 2. The number of halogens is 2. The van der Waals surface area contributed by atoms with E-state index in [1.165, 1.54) is 18.4 Å². The van der Waals surface area contributed by atoms with E-state index in [9.17, 15) is 4.79 Å². The smallest absolute Gasteiger partial charge is 0.307 e. The Balaban J connectivity index is 1.86. The fourth-order valence-corrected chi connectivity index (χ4v) is 4.08. The Bertz CT molecular complexity index is 944. The van der Waals surface area contributed by atoms with Gasteiger partial charge in [-0.05, 0) is 70.2 Å².